The molecule has 0 unspecified atom stereocenters. The summed E-state index contributed by atoms with van der Waals surface area (Å²) in [5.74, 6) is 0.184. The Balaban J connectivity index is 1.82. The zero-order valence-corrected chi connectivity index (χ0v) is 12.8. The van der Waals surface area contributed by atoms with E-state index in [1.807, 2.05) is 10.9 Å². The third-order valence-corrected chi connectivity index (χ3v) is 5.93. The van der Waals surface area contributed by atoms with Gasteiger partial charge in [-0.15, -0.1) is 0 Å². The quantitative estimate of drug-likeness (QED) is 0.864. The largest absolute Gasteiger partial charge is 0.309 e. The predicted molar refractivity (Wildman–Crippen MR) is 82.2 cm³/mol. The van der Waals surface area contributed by atoms with Crippen molar-refractivity contribution in [1.82, 2.24) is 9.78 Å². The summed E-state index contributed by atoms with van der Waals surface area (Å²) in [6, 6.07) is 2.69. The number of hydrogen-bond acceptors (Lipinski definition) is 3. The van der Waals surface area contributed by atoms with E-state index >= 15 is 0 Å². The van der Waals surface area contributed by atoms with Crippen LogP contribution in [0.5, 0.6) is 0 Å². The average molecular weight is 298 g/mol. The van der Waals surface area contributed by atoms with E-state index in [9.17, 15) is 10.1 Å². The Bertz CT molecular complexity index is 630. The Morgan fingerprint density at radius 1 is 1.23 bits per heavy atom. The van der Waals surface area contributed by atoms with Crippen molar-refractivity contribution in [3.8, 4) is 6.07 Å². The highest BCUT2D eigenvalue weighted by atomic mass is 16.2. The van der Waals surface area contributed by atoms with Crippen LogP contribution in [0.3, 0.4) is 0 Å². The van der Waals surface area contributed by atoms with Gasteiger partial charge >= 0.3 is 0 Å². The van der Waals surface area contributed by atoms with E-state index < -0.39 is 5.92 Å². The number of nitriles is 1. The average Bonchev–Trinajstić information content (AvgIpc) is 3.17. The molecule has 0 saturated heterocycles. The monoisotopic (exact) mass is 298 g/mol. The zero-order valence-electron chi connectivity index (χ0n) is 12.8. The van der Waals surface area contributed by atoms with Gasteiger partial charge in [-0.3, -0.25) is 4.79 Å². The first-order valence-electron chi connectivity index (χ1n) is 8.55. The second-order valence-electron chi connectivity index (χ2n) is 7.06. The minimum Gasteiger partial charge on any atom is -0.309 e. The van der Waals surface area contributed by atoms with Crippen molar-refractivity contribution in [1.29, 1.82) is 5.26 Å². The Hall–Kier alpha value is -1.83. The molecule has 1 spiro atoms. The molecular weight excluding hydrogens is 276 g/mol. The SMILES string of the molecule is N#C[C@@H]1C(=O)Nc2c(cnn2C2CCCC2)C12CCCCC2. The molecule has 1 aromatic heterocycles. The van der Waals surface area contributed by atoms with Crippen LogP contribution in [0.1, 0.15) is 69.4 Å². The minimum absolute atomic E-state index is 0.128. The van der Waals surface area contributed by atoms with Crippen LogP contribution in [0, 0.1) is 17.2 Å². The van der Waals surface area contributed by atoms with Gasteiger partial charge in [-0.05, 0) is 25.7 Å². The molecule has 0 aromatic carbocycles. The molecule has 5 heteroatoms. The molecule has 1 aliphatic heterocycles. The lowest BCUT2D eigenvalue weighted by molar-refractivity contribution is -0.121. The van der Waals surface area contributed by atoms with E-state index in [1.165, 1.54) is 19.3 Å². The Labute approximate surface area is 130 Å². The Kier molecular flexibility index (Phi) is 3.21. The van der Waals surface area contributed by atoms with Gasteiger partial charge in [0.15, 0.2) is 0 Å². The van der Waals surface area contributed by atoms with Crippen molar-refractivity contribution in [2.45, 2.75) is 69.2 Å². The number of amides is 1. The highest BCUT2D eigenvalue weighted by Gasteiger charge is 2.51. The molecule has 0 bridgehead atoms. The summed E-state index contributed by atoms with van der Waals surface area (Å²) >= 11 is 0. The first-order chi connectivity index (χ1) is 10.8. The molecule has 1 atom stereocenters. The molecule has 2 heterocycles. The predicted octanol–water partition coefficient (Wildman–Crippen LogP) is 3.29. The fourth-order valence-corrected chi connectivity index (χ4v) is 4.80. The van der Waals surface area contributed by atoms with Crippen LogP contribution < -0.4 is 5.32 Å². The topological polar surface area (TPSA) is 70.7 Å². The molecule has 1 N–H and O–H groups in total. The molecule has 5 nitrogen and oxygen atoms in total. The lowest BCUT2D eigenvalue weighted by atomic mass is 9.61. The van der Waals surface area contributed by atoms with Gasteiger partial charge in [0.2, 0.25) is 5.91 Å². The van der Waals surface area contributed by atoms with Gasteiger partial charge in [-0.25, -0.2) is 4.68 Å². The van der Waals surface area contributed by atoms with E-state index in [0.717, 1.165) is 49.9 Å². The highest BCUT2D eigenvalue weighted by Crippen LogP contribution is 2.51. The van der Waals surface area contributed by atoms with Crippen molar-refractivity contribution in [2.24, 2.45) is 5.92 Å². The van der Waals surface area contributed by atoms with E-state index in [2.05, 4.69) is 16.5 Å². The summed E-state index contributed by atoms with van der Waals surface area (Å²) in [5, 5.41) is 17.2. The maximum absolute atomic E-state index is 12.6. The van der Waals surface area contributed by atoms with Gasteiger partial charge in [-0.2, -0.15) is 10.4 Å². The summed E-state index contributed by atoms with van der Waals surface area (Å²) in [6.45, 7) is 0. The summed E-state index contributed by atoms with van der Waals surface area (Å²) in [4.78, 5) is 12.6. The lowest BCUT2D eigenvalue weighted by Gasteiger charge is -2.43. The van der Waals surface area contributed by atoms with Crippen molar-refractivity contribution < 1.29 is 4.79 Å². The number of aromatic nitrogens is 2. The molecule has 116 valence electrons. The maximum Gasteiger partial charge on any atom is 0.243 e. The van der Waals surface area contributed by atoms with Crippen LogP contribution in [0.15, 0.2) is 6.20 Å². The molecular formula is C17H22N4O. The molecule has 0 radical (unpaired) electrons. The van der Waals surface area contributed by atoms with Crippen LogP contribution in [0.2, 0.25) is 0 Å². The van der Waals surface area contributed by atoms with Crippen molar-refractivity contribution in [3.05, 3.63) is 11.8 Å². The van der Waals surface area contributed by atoms with Crippen LogP contribution in [-0.4, -0.2) is 15.7 Å². The minimum atomic E-state index is -0.568. The number of carbonyl (C=O) groups excluding carboxylic acids is 1. The van der Waals surface area contributed by atoms with Gasteiger partial charge < -0.3 is 5.32 Å². The van der Waals surface area contributed by atoms with Crippen molar-refractivity contribution in [3.63, 3.8) is 0 Å². The van der Waals surface area contributed by atoms with Crippen LogP contribution >= 0.6 is 0 Å². The van der Waals surface area contributed by atoms with E-state index in [1.54, 1.807) is 0 Å². The smallest absolute Gasteiger partial charge is 0.243 e. The molecule has 1 amide bonds. The number of nitrogens with zero attached hydrogens (tertiary/aromatic N) is 3. The number of fused-ring (bicyclic) bond motifs is 2. The van der Waals surface area contributed by atoms with Crippen LogP contribution in [0.4, 0.5) is 5.82 Å². The van der Waals surface area contributed by atoms with Crippen molar-refractivity contribution >= 4 is 11.7 Å². The fourth-order valence-electron chi connectivity index (χ4n) is 4.80. The second-order valence-corrected chi connectivity index (χ2v) is 7.06. The van der Waals surface area contributed by atoms with E-state index in [-0.39, 0.29) is 11.3 Å². The number of carbonyl (C=O) groups is 1. The number of hydrogen-bond donors (Lipinski definition) is 1. The molecule has 4 rings (SSSR count). The molecule has 2 saturated carbocycles. The zero-order chi connectivity index (χ0) is 15.2. The molecule has 22 heavy (non-hydrogen) atoms. The second kappa shape index (κ2) is 5.12. The maximum atomic E-state index is 12.6. The highest BCUT2D eigenvalue weighted by molar-refractivity contribution is 5.98. The van der Waals surface area contributed by atoms with E-state index in [0.29, 0.717) is 6.04 Å². The first-order valence-corrected chi connectivity index (χ1v) is 8.55. The fraction of sp³-hybridized carbons (Fsp3) is 0.706. The lowest BCUT2D eigenvalue weighted by Crippen LogP contribution is -2.47. The Morgan fingerprint density at radius 3 is 2.64 bits per heavy atom. The standard InChI is InChI=1S/C17H22N4O/c18-10-13-16(22)20-15-14(17(13)8-4-1-5-9-17)11-19-21(15)12-6-2-3-7-12/h11-13H,1-9H2,(H,20,22)/t13-/m1/s1. The van der Waals surface area contributed by atoms with Gasteiger partial charge in [0.1, 0.15) is 11.7 Å². The van der Waals surface area contributed by atoms with Gasteiger partial charge in [0.05, 0.1) is 18.3 Å². The van der Waals surface area contributed by atoms with Crippen LogP contribution in [-0.2, 0) is 10.2 Å². The van der Waals surface area contributed by atoms with Crippen molar-refractivity contribution in [2.75, 3.05) is 5.32 Å². The number of anilines is 1. The Morgan fingerprint density at radius 2 is 1.95 bits per heavy atom. The molecule has 2 aliphatic carbocycles. The van der Waals surface area contributed by atoms with Gasteiger partial charge in [0, 0.05) is 11.0 Å². The number of rotatable bonds is 1. The van der Waals surface area contributed by atoms with Crippen LogP contribution in [0.25, 0.3) is 0 Å². The van der Waals surface area contributed by atoms with Gasteiger partial charge in [-0.1, -0.05) is 32.1 Å². The molecule has 1 aromatic rings. The first kappa shape index (κ1) is 13.8. The summed E-state index contributed by atoms with van der Waals surface area (Å²) in [6.07, 6.45) is 11.9. The third-order valence-electron chi connectivity index (χ3n) is 5.93. The third kappa shape index (κ3) is 1.83. The van der Waals surface area contributed by atoms with Gasteiger partial charge in [0.25, 0.3) is 0 Å². The summed E-state index contributed by atoms with van der Waals surface area (Å²) in [5.41, 5.74) is 0.812. The molecule has 2 fully saturated rings. The summed E-state index contributed by atoms with van der Waals surface area (Å²) in [7, 11) is 0. The van der Waals surface area contributed by atoms with E-state index in [4.69, 9.17) is 0 Å². The molecule has 3 aliphatic rings. The summed E-state index contributed by atoms with van der Waals surface area (Å²) < 4.78 is 2.03. The number of nitrogens with one attached hydrogen (secondary N) is 1. The normalized spacial score (nSPS) is 27.4.